The van der Waals surface area contributed by atoms with E-state index in [9.17, 15) is 4.79 Å². The molecule has 0 saturated carbocycles. The minimum absolute atomic E-state index is 0.212. The van der Waals surface area contributed by atoms with Gasteiger partial charge in [-0.1, -0.05) is 48.0 Å². The molecule has 5 aromatic rings. The van der Waals surface area contributed by atoms with Crippen LogP contribution in [0.2, 0.25) is 0 Å². The first-order valence-electron chi connectivity index (χ1n) is 10.7. The average molecular weight is 438 g/mol. The van der Waals surface area contributed by atoms with E-state index in [0.717, 1.165) is 27.9 Å². The average Bonchev–Trinajstić information content (AvgIpc) is 3.42. The van der Waals surface area contributed by atoms with E-state index in [1.807, 2.05) is 81.6 Å². The van der Waals surface area contributed by atoms with Gasteiger partial charge in [0.1, 0.15) is 6.26 Å². The van der Waals surface area contributed by atoms with Crippen molar-refractivity contribution in [1.29, 1.82) is 0 Å². The molecule has 0 bridgehead atoms. The first-order valence-corrected chi connectivity index (χ1v) is 10.7. The van der Waals surface area contributed by atoms with Crippen molar-refractivity contribution in [3.8, 4) is 22.7 Å². The number of aromatic nitrogens is 4. The Morgan fingerprint density at radius 3 is 2.52 bits per heavy atom. The van der Waals surface area contributed by atoms with Gasteiger partial charge in [0.2, 0.25) is 5.89 Å². The van der Waals surface area contributed by atoms with Gasteiger partial charge in [-0.25, -0.2) is 9.97 Å². The van der Waals surface area contributed by atoms with Gasteiger partial charge in [-0.15, -0.1) is 0 Å². The van der Waals surface area contributed by atoms with Gasteiger partial charge in [-0.05, 0) is 32.0 Å². The second kappa shape index (κ2) is 8.35. The smallest absolute Gasteiger partial charge is 0.252 e. The summed E-state index contributed by atoms with van der Waals surface area (Å²) in [5, 5.41) is 8.19. The number of carbonyl (C=O) groups is 1. The van der Waals surface area contributed by atoms with E-state index in [-0.39, 0.29) is 12.5 Å². The van der Waals surface area contributed by atoms with Crippen LogP contribution in [0.15, 0.2) is 71.3 Å². The lowest BCUT2D eigenvalue weighted by Gasteiger charge is -2.09. The number of amides is 1. The molecule has 7 heteroatoms. The Labute approximate surface area is 191 Å². The zero-order valence-electron chi connectivity index (χ0n) is 18.7. The quantitative estimate of drug-likeness (QED) is 0.425. The molecule has 0 saturated heterocycles. The number of carbonyl (C=O) groups excluding carboxylic acids is 1. The lowest BCUT2D eigenvalue weighted by molar-refractivity contribution is 0.0952. The fraction of sp³-hybridized carbons (Fsp3) is 0.154. The van der Waals surface area contributed by atoms with Crippen LogP contribution in [0.3, 0.4) is 0 Å². The number of aryl methyl sites for hydroxylation is 3. The maximum atomic E-state index is 13.3. The van der Waals surface area contributed by atoms with Crippen molar-refractivity contribution >= 4 is 16.9 Å². The Morgan fingerprint density at radius 1 is 1.00 bits per heavy atom. The van der Waals surface area contributed by atoms with Gasteiger partial charge in [0, 0.05) is 18.2 Å². The molecule has 0 fully saturated rings. The van der Waals surface area contributed by atoms with Crippen LogP contribution in [0.25, 0.3) is 33.7 Å². The Morgan fingerprint density at radius 2 is 1.76 bits per heavy atom. The molecule has 0 unspecified atom stereocenters. The Bertz CT molecular complexity index is 1450. The van der Waals surface area contributed by atoms with Crippen LogP contribution in [-0.2, 0) is 13.6 Å². The zero-order chi connectivity index (χ0) is 22.9. The minimum Gasteiger partial charge on any atom is -0.444 e. The van der Waals surface area contributed by atoms with Gasteiger partial charge in [0.05, 0.1) is 34.6 Å². The maximum Gasteiger partial charge on any atom is 0.252 e. The molecule has 2 aromatic carbocycles. The molecule has 0 aliphatic carbocycles. The van der Waals surface area contributed by atoms with Crippen LogP contribution < -0.4 is 5.32 Å². The molecular weight excluding hydrogens is 414 g/mol. The number of nitrogens with one attached hydrogen (secondary N) is 1. The monoisotopic (exact) mass is 437 g/mol. The summed E-state index contributed by atoms with van der Waals surface area (Å²) in [4.78, 5) is 22.5. The second-order valence-electron chi connectivity index (χ2n) is 8.02. The summed E-state index contributed by atoms with van der Waals surface area (Å²) in [5.74, 6) is 0.315. The fourth-order valence-corrected chi connectivity index (χ4v) is 3.86. The topological polar surface area (TPSA) is 85.8 Å². The van der Waals surface area contributed by atoms with E-state index in [1.165, 1.54) is 5.56 Å². The van der Waals surface area contributed by atoms with Gasteiger partial charge in [-0.3, -0.25) is 9.48 Å². The Balaban J connectivity index is 1.43. The van der Waals surface area contributed by atoms with E-state index < -0.39 is 0 Å². The number of hydrogen-bond donors (Lipinski definition) is 1. The fourth-order valence-electron chi connectivity index (χ4n) is 3.86. The van der Waals surface area contributed by atoms with Gasteiger partial charge >= 0.3 is 0 Å². The maximum absolute atomic E-state index is 13.3. The van der Waals surface area contributed by atoms with Crippen molar-refractivity contribution in [3.05, 3.63) is 89.4 Å². The first kappa shape index (κ1) is 20.6. The second-order valence-corrected chi connectivity index (χ2v) is 8.02. The summed E-state index contributed by atoms with van der Waals surface area (Å²) in [6.45, 7) is 4.16. The highest BCUT2D eigenvalue weighted by Crippen LogP contribution is 2.27. The number of nitrogens with zero attached hydrogens (tertiary/aromatic N) is 4. The summed E-state index contributed by atoms with van der Waals surface area (Å²) < 4.78 is 7.32. The van der Waals surface area contributed by atoms with Crippen molar-refractivity contribution in [2.24, 2.45) is 7.05 Å². The van der Waals surface area contributed by atoms with E-state index >= 15 is 0 Å². The third-order valence-electron chi connectivity index (χ3n) is 5.56. The summed E-state index contributed by atoms with van der Waals surface area (Å²) in [7, 11) is 1.83. The molecule has 0 spiro atoms. The lowest BCUT2D eigenvalue weighted by atomic mass is 10.0. The summed E-state index contributed by atoms with van der Waals surface area (Å²) >= 11 is 0. The van der Waals surface area contributed by atoms with Crippen LogP contribution in [-0.4, -0.2) is 25.7 Å². The number of benzene rings is 2. The van der Waals surface area contributed by atoms with Crippen molar-refractivity contribution in [2.45, 2.75) is 20.4 Å². The summed E-state index contributed by atoms with van der Waals surface area (Å²) in [6.07, 6.45) is 1.57. The number of pyridine rings is 1. The molecule has 3 aromatic heterocycles. The highest BCUT2D eigenvalue weighted by Gasteiger charge is 2.19. The molecule has 33 heavy (non-hydrogen) atoms. The SMILES string of the molecule is Cc1ccc(-c2nc(CNC(=O)c3cc(-c4ccccc4)nc4c3c(C)nn4C)co2)cc1. The normalized spacial score (nSPS) is 11.1. The number of fused-ring (bicyclic) bond motifs is 1. The molecular formula is C26H23N5O2. The first-order chi connectivity index (χ1) is 16.0. The molecule has 5 rings (SSSR count). The number of hydrogen-bond acceptors (Lipinski definition) is 5. The van der Waals surface area contributed by atoms with Crippen molar-refractivity contribution in [3.63, 3.8) is 0 Å². The molecule has 7 nitrogen and oxygen atoms in total. The molecule has 0 aliphatic heterocycles. The minimum atomic E-state index is -0.212. The summed E-state index contributed by atoms with van der Waals surface area (Å²) in [6, 6.07) is 19.6. The summed E-state index contributed by atoms with van der Waals surface area (Å²) in [5.41, 5.74) is 6.33. The molecule has 0 aliphatic rings. The van der Waals surface area contributed by atoms with Gasteiger partial charge in [0.25, 0.3) is 5.91 Å². The van der Waals surface area contributed by atoms with Crippen molar-refractivity contribution in [1.82, 2.24) is 25.1 Å². The lowest BCUT2D eigenvalue weighted by Crippen LogP contribution is -2.23. The van der Waals surface area contributed by atoms with Crippen molar-refractivity contribution < 1.29 is 9.21 Å². The van der Waals surface area contributed by atoms with Crippen molar-refractivity contribution in [2.75, 3.05) is 0 Å². The van der Waals surface area contributed by atoms with Crippen LogP contribution in [0.4, 0.5) is 0 Å². The van der Waals surface area contributed by atoms with E-state index in [1.54, 1.807) is 10.9 Å². The third kappa shape index (κ3) is 4.01. The third-order valence-corrected chi connectivity index (χ3v) is 5.56. The molecule has 1 amide bonds. The standard InChI is InChI=1S/C26H23N5O2/c1-16-9-11-19(12-10-16)26-28-20(15-33-26)14-27-25(32)21-13-22(18-7-5-4-6-8-18)29-24-23(21)17(2)30-31(24)3/h4-13,15H,14H2,1-3H3,(H,27,32). The van der Waals surface area contributed by atoms with Gasteiger partial charge in [0.15, 0.2) is 5.65 Å². The largest absolute Gasteiger partial charge is 0.444 e. The van der Waals surface area contributed by atoms with E-state index in [2.05, 4.69) is 15.4 Å². The zero-order valence-corrected chi connectivity index (χ0v) is 18.7. The molecule has 164 valence electrons. The van der Waals surface area contributed by atoms with Crippen LogP contribution in [0.5, 0.6) is 0 Å². The van der Waals surface area contributed by atoms with E-state index in [4.69, 9.17) is 9.40 Å². The van der Waals surface area contributed by atoms with E-state index in [0.29, 0.717) is 22.8 Å². The Hall–Kier alpha value is -4.26. The predicted molar refractivity (Wildman–Crippen MR) is 127 cm³/mol. The molecule has 0 atom stereocenters. The van der Waals surface area contributed by atoms with Crippen LogP contribution >= 0.6 is 0 Å². The Kier molecular flexibility index (Phi) is 5.22. The number of rotatable bonds is 5. The molecule has 1 N–H and O–H groups in total. The van der Waals surface area contributed by atoms with Gasteiger partial charge < -0.3 is 9.73 Å². The predicted octanol–water partition coefficient (Wildman–Crippen LogP) is 4.84. The highest BCUT2D eigenvalue weighted by atomic mass is 16.3. The van der Waals surface area contributed by atoms with Gasteiger partial charge in [-0.2, -0.15) is 5.10 Å². The number of oxazole rings is 1. The molecule has 3 heterocycles. The highest BCUT2D eigenvalue weighted by molar-refractivity contribution is 6.07. The van der Waals surface area contributed by atoms with Crippen LogP contribution in [0.1, 0.15) is 27.3 Å². The molecule has 0 radical (unpaired) electrons. The van der Waals surface area contributed by atoms with Crippen LogP contribution in [0, 0.1) is 13.8 Å².